The molecule has 2 rings (SSSR count). The summed E-state index contributed by atoms with van der Waals surface area (Å²) in [4.78, 5) is 11.9. The first-order valence-corrected chi connectivity index (χ1v) is 6.04. The summed E-state index contributed by atoms with van der Waals surface area (Å²) in [5, 5.41) is 5.02. The van der Waals surface area contributed by atoms with Gasteiger partial charge >= 0.3 is 6.09 Å². The number of benzene rings is 1. The maximum Gasteiger partial charge on any atom is 0.435 e. The summed E-state index contributed by atoms with van der Waals surface area (Å²) < 4.78 is 7.19. The van der Waals surface area contributed by atoms with Crippen molar-refractivity contribution in [1.29, 1.82) is 0 Å². The smallest absolute Gasteiger partial charge is 0.435 e. The number of fused-ring (bicyclic) bond motifs is 1. The van der Waals surface area contributed by atoms with E-state index in [9.17, 15) is 4.79 Å². The van der Waals surface area contributed by atoms with Gasteiger partial charge in [0.15, 0.2) is 0 Å². The van der Waals surface area contributed by atoms with Crippen LogP contribution in [0.5, 0.6) is 0 Å². The fraction of sp³-hybridized carbons (Fsp3) is 0.333. The summed E-state index contributed by atoms with van der Waals surface area (Å²) in [6.45, 7) is 5.48. The van der Waals surface area contributed by atoms with E-state index in [0.29, 0.717) is 4.60 Å². The third-order valence-corrected chi connectivity index (χ3v) is 2.69. The third-order valence-electron chi connectivity index (χ3n) is 2.11. The quantitative estimate of drug-likeness (QED) is 0.746. The molecule has 0 amide bonds. The molecule has 1 aromatic heterocycles. The Balaban J connectivity index is 2.46. The number of hydrogen-bond acceptors (Lipinski definition) is 3. The van der Waals surface area contributed by atoms with E-state index in [-0.39, 0.29) is 0 Å². The summed E-state index contributed by atoms with van der Waals surface area (Å²) in [6, 6.07) is 7.48. The van der Waals surface area contributed by atoms with Gasteiger partial charge in [0.2, 0.25) is 0 Å². The summed E-state index contributed by atoms with van der Waals surface area (Å²) in [7, 11) is 0. The van der Waals surface area contributed by atoms with E-state index < -0.39 is 11.7 Å². The fourth-order valence-corrected chi connectivity index (χ4v) is 1.97. The van der Waals surface area contributed by atoms with Gasteiger partial charge in [0.25, 0.3) is 0 Å². The van der Waals surface area contributed by atoms with Crippen molar-refractivity contribution >= 4 is 32.9 Å². The Morgan fingerprint density at radius 1 is 1.35 bits per heavy atom. The minimum absolute atomic E-state index is 0.473. The van der Waals surface area contributed by atoms with Crippen LogP contribution in [0.4, 0.5) is 4.79 Å². The van der Waals surface area contributed by atoms with Gasteiger partial charge in [0.1, 0.15) is 10.2 Å². The van der Waals surface area contributed by atoms with E-state index in [1.165, 1.54) is 4.68 Å². The Bertz CT molecular complexity index is 569. The Morgan fingerprint density at radius 3 is 2.65 bits per heavy atom. The molecular weight excluding hydrogens is 284 g/mol. The lowest BCUT2D eigenvalue weighted by atomic mass is 10.2. The maximum absolute atomic E-state index is 11.9. The molecule has 5 heteroatoms. The van der Waals surface area contributed by atoms with E-state index >= 15 is 0 Å². The van der Waals surface area contributed by atoms with E-state index in [1.54, 1.807) is 0 Å². The highest BCUT2D eigenvalue weighted by molar-refractivity contribution is 9.10. The molecule has 0 saturated heterocycles. The van der Waals surface area contributed by atoms with Crippen molar-refractivity contribution < 1.29 is 9.53 Å². The molecule has 0 aliphatic rings. The predicted octanol–water partition coefficient (Wildman–Crippen LogP) is 3.58. The lowest BCUT2D eigenvalue weighted by Gasteiger charge is -2.19. The van der Waals surface area contributed by atoms with E-state index in [1.807, 2.05) is 45.0 Å². The van der Waals surface area contributed by atoms with Crippen molar-refractivity contribution in [3.8, 4) is 0 Å². The molecule has 0 aliphatic heterocycles. The second-order valence-corrected chi connectivity index (χ2v) is 5.45. The topological polar surface area (TPSA) is 44.1 Å². The van der Waals surface area contributed by atoms with Crippen LogP contribution in [0.3, 0.4) is 0 Å². The molecule has 0 bridgehead atoms. The molecule has 0 aliphatic carbocycles. The van der Waals surface area contributed by atoms with Crippen LogP contribution in [0.15, 0.2) is 28.9 Å². The average Bonchev–Trinajstić information content (AvgIpc) is 2.55. The van der Waals surface area contributed by atoms with Crippen LogP contribution in [0.25, 0.3) is 10.9 Å². The summed E-state index contributed by atoms with van der Waals surface area (Å²) in [6.07, 6.45) is -0.473. The van der Waals surface area contributed by atoms with Crippen LogP contribution < -0.4 is 0 Å². The van der Waals surface area contributed by atoms with Crippen molar-refractivity contribution in [3.05, 3.63) is 28.9 Å². The van der Waals surface area contributed by atoms with Crippen LogP contribution in [0.1, 0.15) is 20.8 Å². The summed E-state index contributed by atoms with van der Waals surface area (Å²) in [5.41, 5.74) is 0.199. The largest absolute Gasteiger partial charge is 0.442 e. The molecule has 0 spiro atoms. The zero-order valence-corrected chi connectivity index (χ0v) is 11.5. The number of ether oxygens (including phenoxy) is 1. The van der Waals surface area contributed by atoms with Crippen molar-refractivity contribution in [2.24, 2.45) is 0 Å². The number of halogens is 1. The number of para-hydroxylation sites is 1. The van der Waals surface area contributed by atoms with Gasteiger partial charge in [0.05, 0.1) is 5.52 Å². The number of carbonyl (C=O) groups excluding carboxylic acids is 1. The van der Waals surface area contributed by atoms with E-state index in [0.717, 1.165) is 10.9 Å². The van der Waals surface area contributed by atoms with Crippen LogP contribution in [-0.4, -0.2) is 21.5 Å². The Morgan fingerprint density at radius 2 is 2.00 bits per heavy atom. The molecule has 0 unspecified atom stereocenters. The van der Waals surface area contributed by atoms with Gasteiger partial charge in [-0.15, -0.1) is 0 Å². The lowest BCUT2D eigenvalue weighted by molar-refractivity contribution is 0.0522. The number of hydrogen-bond donors (Lipinski definition) is 0. The Labute approximate surface area is 108 Å². The van der Waals surface area contributed by atoms with Crippen molar-refractivity contribution in [2.75, 3.05) is 0 Å². The lowest BCUT2D eigenvalue weighted by Crippen LogP contribution is -2.27. The highest BCUT2D eigenvalue weighted by atomic mass is 79.9. The molecule has 90 valence electrons. The molecule has 0 radical (unpaired) electrons. The predicted molar refractivity (Wildman–Crippen MR) is 69.1 cm³/mol. The van der Waals surface area contributed by atoms with E-state index in [2.05, 4.69) is 21.0 Å². The minimum Gasteiger partial charge on any atom is -0.442 e. The molecule has 1 heterocycles. The molecule has 4 nitrogen and oxygen atoms in total. The molecule has 0 atom stereocenters. The fourth-order valence-electron chi connectivity index (χ4n) is 1.47. The van der Waals surface area contributed by atoms with Crippen LogP contribution in [0.2, 0.25) is 0 Å². The standard InChI is InChI=1S/C12H13BrN2O2/c1-12(2,3)17-11(16)15-9-7-5-4-6-8(9)10(13)14-15/h4-7H,1-3H3. The zero-order valence-electron chi connectivity index (χ0n) is 9.90. The second-order valence-electron chi connectivity index (χ2n) is 4.70. The van der Waals surface area contributed by atoms with Gasteiger partial charge < -0.3 is 4.74 Å². The van der Waals surface area contributed by atoms with Crippen LogP contribution >= 0.6 is 15.9 Å². The molecule has 2 aromatic rings. The Hall–Kier alpha value is -1.36. The molecule has 17 heavy (non-hydrogen) atoms. The Kier molecular flexibility index (Phi) is 2.95. The van der Waals surface area contributed by atoms with Crippen molar-refractivity contribution in [1.82, 2.24) is 9.78 Å². The highest BCUT2D eigenvalue weighted by Crippen LogP contribution is 2.23. The number of aromatic nitrogens is 2. The van der Waals surface area contributed by atoms with Gasteiger partial charge in [-0.2, -0.15) is 9.78 Å². The molecule has 1 aromatic carbocycles. The monoisotopic (exact) mass is 296 g/mol. The first kappa shape index (κ1) is 12.1. The first-order valence-electron chi connectivity index (χ1n) is 5.25. The van der Waals surface area contributed by atoms with Gasteiger partial charge in [-0.25, -0.2) is 4.79 Å². The molecule has 0 fully saturated rings. The SMILES string of the molecule is CC(C)(C)OC(=O)n1nc(Br)c2ccccc21. The van der Waals surface area contributed by atoms with Crippen molar-refractivity contribution in [3.63, 3.8) is 0 Å². The number of carbonyl (C=O) groups is 1. The van der Waals surface area contributed by atoms with Crippen LogP contribution in [-0.2, 0) is 4.74 Å². The van der Waals surface area contributed by atoms with Gasteiger partial charge in [-0.3, -0.25) is 0 Å². The van der Waals surface area contributed by atoms with Gasteiger partial charge in [-0.05, 0) is 42.8 Å². The zero-order chi connectivity index (χ0) is 12.6. The summed E-state index contributed by atoms with van der Waals surface area (Å²) in [5.74, 6) is 0. The van der Waals surface area contributed by atoms with Gasteiger partial charge in [0, 0.05) is 5.39 Å². The highest BCUT2D eigenvalue weighted by Gasteiger charge is 2.21. The summed E-state index contributed by atoms with van der Waals surface area (Å²) >= 11 is 3.33. The minimum atomic E-state index is -0.531. The molecular formula is C12H13BrN2O2. The first-order chi connectivity index (χ1) is 7.88. The van der Waals surface area contributed by atoms with Gasteiger partial charge in [-0.1, -0.05) is 18.2 Å². The third kappa shape index (κ3) is 2.49. The molecule has 0 saturated carbocycles. The van der Waals surface area contributed by atoms with Crippen LogP contribution in [0, 0.1) is 0 Å². The number of rotatable bonds is 0. The van der Waals surface area contributed by atoms with Crippen molar-refractivity contribution in [2.45, 2.75) is 26.4 Å². The maximum atomic E-state index is 11.9. The normalized spacial score (nSPS) is 11.8. The molecule has 0 N–H and O–H groups in total. The second kappa shape index (κ2) is 4.14. The number of nitrogens with zero attached hydrogens (tertiary/aromatic N) is 2. The average molecular weight is 297 g/mol. The van der Waals surface area contributed by atoms with E-state index in [4.69, 9.17) is 4.74 Å².